The molecule has 1 fully saturated rings. The number of benzene rings is 1. The van der Waals surface area contributed by atoms with E-state index in [0.717, 1.165) is 4.90 Å². The predicted octanol–water partition coefficient (Wildman–Crippen LogP) is 2.69. The third kappa shape index (κ3) is 2.58. The van der Waals surface area contributed by atoms with E-state index in [1.807, 2.05) is 0 Å². The van der Waals surface area contributed by atoms with Crippen LogP contribution in [-0.2, 0) is 23.9 Å². The number of carbonyl (C=O) groups excluding carboxylic acids is 2. The summed E-state index contributed by atoms with van der Waals surface area (Å²) >= 11 is 11.8. The number of nitrogens with zero attached hydrogens (tertiary/aromatic N) is 3. The molecule has 1 aromatic carbocycles. The highest BCUT2D eigenvalue weighted by molar-refractivity contribution is 6.30. The molecule has 1 atom stereocenters. The molecule has 1 aromatic heterocycles. The lowest BCUT2D eigenvalue weighted by Crippen LogP contribution is -2.40. The number of urea groups is 1. The summed E-state index contributed by atoms with van der Waals surface area (Å²) in [6.45, 7) is 1.72. The van der Waals surface area contributed by atoms with Crippen LogP contribution in [0.4, 0.5) is 4.79 Å². The quantitative estimate of drug-likeness (QED) is 0.863. The Kier molecular flexibility index (Phi) is 3.82. The van der Waals surface area contributed by atoms with Crippen molar-refractivity contribution in [2.45, 2.75) is 19.0 Å². The monoisotopic (exact) mass is 352 g/mol. The summed E-state index contributed by atoms with van der Waals surface area (Å²) in [5.74, 6) is 0.183. The molecule has 120 valence electrons. The second-order valence-corrected chi connectivity index (χ2v) is 6.33. The second-order valence-electron chi connectivity index (χ2n) is 5.51. The Morgan fingerprint density at radius 3 is 2.43 bits per heavy atom. The number of carbonyl (C=O) groups is 2. The van der Waals surface area contributed by atoms with Crippen molar-refractivity contribution >= 4 is 35.1 Å². The summed E-state index contributed by atoms with van der Waals surface area (Å²) in [5, 5.41) is 3.74. The van der Waals surface area contributed by atoms with Gasteiger partial charge in [-0.15, -0.1) is 0 Å². The van der Waals surface area contributed by atoms with E-state index in [1.165, 1.54) is 6.20 Å². The van der Waals surface area contributed by atoms with Crippen molar-refractivity contribution in [3.05, 3.63) is 52.0 Å². The highest BCUT2D eigenvalue weighted by Crippen LogP contribution is 2.30. The maximum Gasteiger partial charge on any atom is 0.325 e. The maximum atomic E-state index is 12.8. The van der Waals surface area contributed by atoms with E-state index in [9.17, 15) is 9.59 Å². The molecular formula is C15H14Cl2N4O2. The fourth-order valence-electron chi connectivity index (χ4n) is 2.53. The molecule has 0 saturated carbocycles. The highest BCUT2D eigenvalue weighted by Gasteiger charge is 2.49. The van der Waals surface area contributed by atoms with Gasteiger partial charge in [-0.25, -0.2) is 9.78 Å². The molecule has 23 heavy (non-hydrogen) atoms. The van der Waals surface area contributed by atoms with Gasteiger partial charge in [0.1, 0.15) is 16.5 Å². The SMILES string of the molecule is Cn1c(Cl)cnc1CN1C(=O)NC(C)(c2ccc(Cl)cc2)C1=O. The van der Waals surface area contributed by atoms with Crippen LogP contribution in [0.2, 0.25) is 10.2 Å². The van der Waals surface area contributed by atoms with Crippen LogP contribution in [-0.4, -0.2) is 26.4 Å². The third-order valence-electron chi connectivity index (χ3n) is 4.02. The standard InChI is InChI=1S/C15H14Cl2N4O2/c1-15(9-3-5-10(16)6-4-9)13(22)21(14(23)19-15)8-12-18-7-11(17)20(12)2/h3-7H,8H2,1-2H3,(H,19,23). The lowest BCUT2D eigenvalue weighted by molar-refractivity contribution is -0.131. The Labute approximate surface area is 143 Å². The van der Waals surface area contributed by atoms with Crippen molar-refractivity contribution in [2.24, 2.45) is 7.05 Å². The molecule has 2 aromatic rings. The van der Waals surface area contributed by atoms with Gasteiger partial charge in [-0.3, -0.25) is 9.69 Å². The van der Waals surface area contributed by atoms with Crippen LogP contribution in [0.5, 0.6) is 0 Å². The zero-order valence-corrected chi connectivity index (χ0v) is 14.0. The van der Waals surface area contributed by atoms with E-state index in [0.29, 0.717) is 21.6 Å². The zero-order chi connectivity index (χ0) is 16.8. The Hall–Kier alpha value is -2.05. The first-order chi connectivity index (χ1) is 10.8. The van der Waals surface area contributed by atoms with Crippen molar-refractivity contribution < 1.29 is 9.59 Å². The van der Waals surface area contributed by atoms with E-state index in [-0.39, 0.29) is 12.5 Å². The second kappa shape index (κ2) is 5.54. The molecule has 3 amide bonds. The topological polar surface area (TPSA) is 67.2 Å². The highest BCUT2D eigenvalue weighted by atomic mass is 35.5. The Bertz CT molecular complexity index is 787. The van der Waals surface area contributed by atoms with Gasteiger partial charge >= 0.3 is 6.03 Å². The van der Waals surface area contributed by atoms with Crippen molar-refractivity contribution in [2.75, 3.05) is 0 Å². The van der Waals surface area contributed by atoms with Crippen LogP contribution in [0.3, 0.4) is 0 Å². The average molecular weight is 353 g/mol. The molecule has 1 aliphatic rings. The largest absolute Gasteiger partial charge is 0.325 e. The van der Waals surface area contributed by atoms with Gasteiger partial charge in [-0.2, -0.15) is 0 Å². The molecule has 1 aliphatic heterocycles. The Balaban J connectivity index is 1.90. The molecule has 6 nitrogen and oxygen atoms in total. The van der Waals surface area contributed by atoms with Crippen LogP contribution in [0.15, 0.2) is 30.5 Å². The van der Waals surface area contributed by atoms with Gasteiger partial charge in [0, 0.05) is 12.1 Å². The molecule has 1 N–H and O–H groups in total. The Morgan fingerprint density at radius 1 is 1.22 bits per heavy atom. The predicted molar refractivity (Wildman–Crippen MR) is 86.1 cm³/mol. The number of amides is 3. The normalized spacial score (nSPS) is 21.0. The number of rotatable bonds is 3. The summed E-state index contributed by atoms with van der Waals surface area (Å²) < 4.78 is 1.63. The molecular weight excluding hydrogens is 339 g/mol. The molecule has 8 heteroatoms. The maximum absolute atomic E-state index is 12.8. The van der Waals surface area contributed by atoms with Gasteiger partial charge in [0.05, 0.1) is 12.7 Å². The van der Waals surface area contributed by atoms with Gasteiger partial charge in [0.2, 0.25) is 0 Å². The summed E-state index contributed by atoms with van der Waals surface area (Å²) in [7, 11) is 1.72. The van der Waals surface area contributed by atoms with Crippen molar-refractivity contribution in [1.29, 1.82) is 0 Å². The van der Waals surface area contributed by atoms with Gasteiger partial charge in [-0.1, -0.05) is 35.3 Å². The summed E-state index contributed by atoms with van der Waals surface area (Å²) in [6, 6.07) is 6.35. The molecule has 0 radical (unpaired) electrons. The lowest BCUT2D eigenvalue weighted by atomic mass is 9.92. The first-order valence-corrected chi connectivity index (χ1v) is 7.65. The van der Waals surface area contributed by atoms with Gasteiger partial charge in [-0.05, 0) is 24.6 Å². The molecule has 0 bridgehead atoms. The van der Waals surface area contributed by atoms with Gasteiger partial charge in [0.25, 0.3) is 5.91 Å². The number of aromatic nitrogens is 2. The van der Waals surface area contributed by atoms with Crippen LogP contribution in [0, 0.1) is 0 Å². The molecule has 1 saturated heterocycles. The summed E-state index contributed by atoms with van der Waals surface area (Å²) in [5.41, 5.74) is -0.461. The van der Waals surface area contributed by atoms with Crippen LogP contribution in [0.1, 0.15) is 18.3 Å². The van der Waals surface area contributed by atoms with E-state index in [4.69, 9.17) is 23.2 Å². The molecule has 3 rings (SSSR count). The molecule has 0 spiro atoms. The smallest absolute Gasteiger partial charge is 0.321 e. The third-order valence-corrected chi connectivity index (χ3v) is 4.63. The van der Waals surface area contributed by atoms with E-state index < -0.39 is 11.6 Å². The first-order valence-electron chi connectivity index (χ1n) is 6.89. The minimum absolute atomic E-state index is 0.0526. The summed E-state index contributed by atoms with van der Waals surface area (Å²) in [6.07, 6.45) is 1.48. The zero-order valence-electron chi connectivity index (χ0n) is 12.5. The Morgan fingerprint density at radius 2 is 1.87 bits per heavy atom. The minimum Gasteiger partial charge on any atom is -0.321 e. The first kappa shape index (κ1) is 15.8. The molecule has 0 aliphatic carbocycles. The van der Waals surface area contributed by atoms with E-state index >= 15 is 0 Å². The van der Waals surface area contributed by atoms with Crippen LogP contribution in [0.25, 0.3) is 0 Å². The van der Waals surface area contributed by atoms with Gasteiger partial charge in [0.15, 0.2) is 0 Å². The van der Waals surface area contributed by atoms with E-state index in [1.54, 1.807) is 42.8 Å². The van der Waals surface area contributed by atoms with E-state index in [2.05, 4.69) is 10.3 Å². The number of hydrogen-bond acceptors (Lipinski definition) is 3. The number of halogens is 2. The minimum atomic E-state index is -1.13. The molecule has 1 unspecified atom stereocenters. The van der Waals surface area contributed by atoms with Crippen LogP contribution < -0.4 is 5.32 Å². The summed E-state index contributed by atoms with van der Waals surface area (Å²) in [4.78, 5) is 30.3. The van der Waals surface area contributed by atoms with Crippen molar-refractivity contribution in [3.63, 3.8) is 0 Å². The fourth-order valence-corrected chi connectivity index (χ4v) is 2.80. The molecule has 2 heterocycles. The fraction of sp³-hybridized carbons (Fsp3) is 0.267. The van der Waals surface area contributed by atoms with Crippen molar-refractivity contribution in [3.8, 4) is 0 Å². The van der Waals surface area contributed by atoms with Gasteiger partial charge < -0.3 is 9.88 Å². The number of imide groups is 1. The number of hydrogen-bond donors (Lipinski definition) is 1. The van der Waals surface area contributed by atoms with Crippen molar-refractivity contribution in [1.82, 2.24) is 19.8 Å². The number of imidazole rings is 1. The lowest BCUT2D eigenvalue weighted by Gasteiger charge is -2.22. The number of nitrogens with one attached hydrogen (secondary N) is 1. The average Bonchev–Trinajstić information content (AvgIpc) is 2.94. The van der Waals surface area contributed by atoms with Crippen LogP contribution >= 0.6 is 23.2 Å².